The van der Waals surface area contributed by atoms with Gasteiger partial charge >= 0.3 is 5.97 Å². The molecule has 0 aliphatic carbocycles. The standard InChI is InChI=1S/C19H18N2O2S2/c1-12(2)23-18(22)15-10-11-25-17(15)21-19(24)20-16-9-5-7-13-6-3-4-8-14(13)16/h3-12H,1-2H3,(H2,20,21,24). The first kappa shape index (κ1) is 17.4. The van der Waals surface area contributed by atoms with Crippen LogP contribution in [0.5, 0.6) is 0 Å². The summed E-state index contributed by atoms with van der Waals surface area (Å²) in [6, 6.07) is 15.8. The maximum Gasteiger partial charge on any atom is 0.341 e. The van der Waals surface area contributed by atoms with Crippen LogP contribution in [0, 0.1) is 0 Å². The van der Waals surface area contributed by atoms with Crippen LogP contribution in [0.2, 0.25) is 0 Å². The third kappa shape index (κ3) is 4.15. The highest BCUT2D eigenvalue weighted by molar-refractivity contribution is 7.80. The molecule has 6 heteroatoms. The van der Waals surface area contributed by atoms with Gasteiger partial charge in [0.1, 0.15) is 5.00 Å². The molecule has 2 N–H and O–H groups in total. The molecule has 2 aromatic carbocycles. The van der Waals surface area contributed by atoms with Gasteiger partial charge in [0.05, 0.1) is 11.7 Å². The molecule has 4 nitrogen and oxygen atoms in total. The number of esters is 1. The minimum atomic E-state index is -0.355. The lowest BCUT2D eigenvalue weighted by Crippen LogP contribution is -2.20. The van der Waals surface area contributed by atoms with Crippen molar-refractivity contribution in [2.75, 3.05) is 10.6 Å². The average Bonchev–Trinajstić information content (AvgIpc) is 3.02. The number of carbonyl (C=O) groups excluding carboxylic acids is 1. The van der Waals surface area contributed by atoms with Crippen LogP contribution in [-0.4, -0.2) is 17.2 Å². The Morgan fingerprint density at radius 3 is 2.64 bits per heavy atom. The van der Waals surface area contributed by atoms with Crippen molar-refractivity contribution in [1.82, 2.24) is 0 Å². The van der Waals surface area contributed by atoms with E-state index in [-0.39, 0.29) is 12.1 Å². The average molecular weight is 370 g/mol. The SMILES string of the molecule is CC(C)OC(=O)c1ccsc1NC(=S)Nc1cccc2ccccc12. The molecule has 1 heterocycles. The van der Waals surface area contributed by atoms with E-state index < -0.39 is 0 Å². The van der Waals surface area contributed by atoms with Gasteiger partial charge in [0, 0.05) is 11.1 Å². The van der Waals surface area contributed by atoms with Crippen LogP contribution >= 0.6 is 23.6 Å². The van der Waals surface area contributed by atoms with Gasteiger partial charge in [-0.15, -0.1) is 11.3 Å². The van der Waals surface area contributed by atoms with Crippen LogP contribution in [0.25, 0.3) is 10.8 Å². The molecule has 128 valence electrons. The highest BCUT2D eigenvalue weighted by Gasteiger charge is 2.16. The Balaban J connectivity index is 1.75. The van der Waals surface area contributed by atoms with E-state index in [9.17, 15) is 4.79 Å². The molecule has 0 saturated heterocycles. The number of thiophene rings is 1. The van der Waals surface area contributed by atoms with Crippen molar-refractivity contribution in [3.05, 3.63) is 59.5 Å². The lowest BCUT2D eigenvalue weighted by Gasteiger charge is -2.13. The fourth-order valence-corrected chi connectivity index (χ4v) is 3.49. The largest absolute Gasteiger partial charge is 0.459 e. The second kappa shape index (κ2) is 7.63. The fourth-order valence-electron chi connectivity index (χ4n) is 2.44. The maximum atomic E-state index is 12.1. The van der Waals surface area contributed by atoms with Gasteiger partial charge in [-0.1, -0.05) is 36.4 Å². The smallest absolute Gasteiger partial charge is 0.341 e. The molecule has 0 bridgehead atoms. The molecule has 0 atom stereocenters. The number of fused-ring (bicyclic) bond motifs is 1. The maximum absolute atomic E-state index is 12.1. The zero-order chi connectivity index (χ0) is 17.8. The molecule has 1 aromatic heterocycles. The number of hydrogen-bond acceptors (Lipinski definition) is 4. The zero-order valence-corrected chi connectivity index (χ0v) is 15.5. The van der Waals surface area contributed by atoms with Gasteiger partial charge in [0.25, 0.3) is 0 Å². The lowest BCUT2D eigenvalue weighted by atomic mass is 10.1. The van der Waals surface area contributed by atoms with Crippen molar-refractivity contribution >= 4 is 56.1 Å². The molecular formula is C19H18N2O2S2. The van der Waals surface area contributed by atoms with E-state index in [0.29, 0.717) is 15.7 Å². The van der Waals surface area contributed by atoms with Gasteiger partial charge in [-0.2, -0.15) is 0 Å². The summed E-state index contributed by atoms with van der Waals surface area (Å²) in [5.41, 5.74) is 1.40. The van der Waals surface area contributed by atoms with E-state index in [4.69, 9.17) is 17.0 Å². The molecule has 0 saturated carbocycles. The Morgan fingerprint density at radius 2 is 1.84 bits per heavy atom. The van der Waals surface area contributed by atoms with Crippen LogP contribution in [0.1, 0.15) is 24.2 Å². The normalized spacial score (nSPS) is 10.7. The highest BCUT2D eigenvalue weighted by Crippen LogP contribution is 2.26. The second-order valence-electron chi connectivity index (χ2n) is 5.72. The van der Waals surface area contributed by atoms with Gasteiger partial charge in [-0.05, 0) is 49.0 Å². The predicted molar refractivity (Wildman–Crippen MR) is 109 cm³/mol. The third-order valence-corrected chi connectivity index (χ3v) is 4.53. The van der Waals surface area contributed by atoms with E-state index >= 15 is 0 Å². The molecule has 3 aromatic rings. The van der Waals surface area contributed by atoms with Gasteiger partial charge in [-0.25, -0.2) is 4.79 Å². The van der Waals surface area contributed by atoms with Gasteiger partial charge in [0.15, 0.2) is 5.11 Å². The van der Waals surface area contributed by atoms with Gasteiger partial charge in [-0.3, -0.25) is 0 Å². The first-order valence-electron chi connectivity index (χ1n) is 7.89. The number of anilines is 2. The number of thiocarbonyl (C=S) groups is 1. The lowest BCUT2D eigenvalue weighted by molar-refractivity contribution is 0.0379. The van der Waals surface area contributed by atoms with E-state index in [1.165, 1.54) is 11.3 Å². The summed E-state index contributed by atoms with van der Waals surface area (Å²) in [6.07, 6.45) is -0.166. The third-order valence-electron chi connectivity index (χ3n) is 3.49. The molecule has 0 radical (unpaired) electrons. The minimum Gasteiger partial charge on any atom is -0.459 e. The first-order chi connectivity index (χ1) is 12.0. The molecular weight excluding hydrogens is 352 g/mol. The molecule has 0 fully saturated rings. The number of nitrogens with one attached hydrogen (secondary N) is 2. The van der Waals surface area contributed by atoms with Crippen molar-refractivity contribution in [3.63, 3.8) is 0 Å². The molecule has 0 amide bonds. The molecule has 0 unspecified atom stereocenters. The van der Waals surface area contributed by atoms with Crippen LogP contribution in [0.15, 0.2) is 53.9 Å². The summed E-state index contributed by atoms with van der Waals surface area (Å²) in [6.45, 7) is 3.65. The predicted octanol–water partition coefficient (Wildman–Crippen LogP) is 5.28. The van der Waals surface area contributed by atoms with E-state index in [1.54, 1.807) is 6.07 Å². The number of ether oxygens (including phenoxy) is 1. The van der Waals surface area contributed by atoms with Crippen molar-refractivity contribution in [2.45, 2.75) is 20.0 Å². The van der Waals surface area contributed by atoms with Crippen molar-refractivity contribution in [2.24, 2.45) is 0 Å². The van der Waals surface area contributed by atoms with Crippen LogP contribution in [-0.2, 0) is 4.74 Å². The van der Waals surface area contributed by atoms with Gasteiger partial charge in [0.2, 0.25) is 0 Å². The summed E-state index contributed by atoms with van der Waals surface area (Å²) in [4.78, 5) is 12.1. The highest BCUT2D eigenvalue weighted by atomic mass is 32.1. The Hall–Kier alpha value is -2.44. The summed E-state index contributed by atoms with van der Waals surface area (Å²) in [5, 5.41) is 11.4. The quantitative estimate of drug-likeness (QED) is 0.484. The minimum absolute atomic E-state index is 0.166. The zero-order valence-electron chi connectivity index (χ0n) is 13.9. The Labute approximate surface area is 155 Å². The molecule has 3 rings (SSSR count). The van der Waals surface area contributed by atoms with Crippen molar-refractivity contribution in [1.29, 1.82) is 0 Å². The topological polar surface area (TPSA) is 50.4 Å². The van der Waals surface area contributed by atoms with Crippen LogP contribution in [0.4, 0.5) is 10.7 Å². The van der Waals surface area contributed by atoms with E-state index in [2.05, 4.69) is 22.8 Å². The summed E-state index contributed by atoms with van der Waals surface area (Å²) < 4.78 is 5.26. The molecule has 0 aliphatic rings. The van der Waals surface area contributed by atoms with E-state index in [0.717, 1.165) is 16.5 Å². The Kier molecular flexibility index (Phi) is 5.31. The number of carbonyl (C=O) groups is 1. The van der Waals surface area contributed by atoms with Crippen LogP contribution in [0.3, 0.4) is 0 Å². The summed E-state index contributed by atoms with van der Waals surface area (Å²) in [7, 11) is 0. The monoisotopic (exact) mass is 370 g/mol. The Morgan fingerprint density at radius 1 is 1.08 bits per heavy atom. The molecule has 0 spiro atoms. The fraction of sp³-hybridized carbons (Fsp3) is 0.158. The molecule has 25 heavy (non-hydrogen) atoms. The summed E-state index contributed by atoms with van der Waals surface area (Å²) in [5.74, 6) is -0.355. The number of hydrogen-bond donors (Lipinski definition) is 2. The van der Waals surface area contributed by atoms with Gasteiger partial charge < -0.3 is 15.4 Å². The Bertz CT molecular complexity index is 913. The first-order valence-corrected chi connectivity index (χ1v) is 9.17. The van der Waals surface area contributed by atoms with Crippen LogP contribution < -0.4 is 10.6 Å². The number of rotatable bonds is 4. The van der Waals surface area contributed by atoms with Crippen molar-refractivity contribution in [3.8, 4) is 0 Å². The summed E-state index contributed by atoms with van der Waals surface area (Å²) >= 11 is 6.82. The second-order valence-corrected chi connectivity index (χ2v) is 7.05. The molecule has 0 aliphatic heterocycles. The van der Waals surface area contributed by atoms with Crippen molar-refractivity contribution < 1.29 is 9.53 Å². The number of benzene rings is 2. The van der Waals surface area contributed by atoms with E-state index in [1.807, 2.05) is 49.6 Å².